The molecule has 0 amide bonds. The van der Waals surface area contributed by atoms with Crippen LogP contribution in [-0.4, -0.2) is 19.7 Å². The monoisotopic (exact) mass is 219 g/mol. The Morgan fingerprint density at radius 1 is 1.25 bits per heavy atom. The van der Waals surface area contributed by atoms with Gasteiger partial charge in [-0.3, -0.25) is 0 Å². The van der Waals surface area contributed by atoms with Crippen molar-refractivity contribution in [2.75, 3.05) is 19.7 Å². The zero-order chi connectivity index (χ0) is 12.0. The average molecular weight is 219 g/mol. The summed E-state index contributed by atoms with van der Waals surface area (Å²) in [7, 11) is 0. The van der Waals surface area contributed by atoms with Crippen molar-refractivity contribution in [3.63, 3.8) is 0 Å². The molecule has 0 bridgehead atoms. The fraction of sp³-hybridized carbons (Fsp3) is 0.429. The second-order valence-corrected chi connectivity index (χ2v) is 3.99. The minimum absolute atomic E-state index is 0.693. The number of benzene rings is 1. The van der Waals surface area contributed by atoms with Crippen LogP contribution in [0.1, 0.15) is 16.7 Å². The minimum Gasteiger partial charge on any atom is -0.492 e. The maximum absolute atomic E-state index is 5.80. The van der Waals surface area contributed by atoms with E-state index in [1.807, 2.05) is 6.08 Å². The van der Waals surface area contributed by atoms with Gasteiger partial charge in [0.25, 0.3) is 0 Å². The summed E-state index contributed by atoms with van der Waals surface area (Å²) in [5.74, 6) is 1.03. The van der Waals surface area contributed by atoms with Crippen LogP contribution in [0.25, 0.3) is 0 Å². The Hall–Kier alpha value is -1.28. The first-order chi connectivity index (χ1) is 7.66. The zero-order valence-corrected chi connectivity index (χ0v) is 10.5. The van der Waals surface area contributed by atoms with Crippen molar-refractivity contribution in [2.45, 2.75) is 20.8 Å². The molecule has 0 unspecified atom stereocenters. The Balaban J connectivity index is 2.53. The fourth-order valence-electron chi connectivity index (χ4n) is 1.58. The molecular formula is C14H21NO. The van der Waals surface area contributed by atoms with Crippen molar-refractivity contribution in [1.29, 1.82) is 0 Å². The van der Waals surface area contributed by atoms with Crippen LogP contribution >= 0.6 is 0 Å². The van der Waals surface area contributed by atoms with Gasteiger partial charge < -0.3 is 10.1 Å². The van der Waals surface area contributed by atoms with Crippen molar-refractivity contribution in [3.05, 3.63) is 41.5 Å². The Labute approximate surface area is 98.3 Å². The first-order valence-corrected chi connectivity index (χ1v) is 5.68. The highest BCUT2D eigenvalue weighted by molar-refractivity contribution is 5.44. The van der Waals surface area contributed by atoms with E-state index in [0.29, 0.717) is 6.61 Å². The predicted octanol–water partition coefficient (Wildman–Crippen LogP) is 2.77. The molecule has 0 atom stereocenters. The van der Waals surface area contributed by atoms with Gasteiger partial charge in [-0.05, 0) is 37.5 Å². The molecule has 16 heavy (non-hydrogen) atoms. The molecule has 0 aromatic heterocycles. The molecule has 0 fully saturated rings. The average Bonchev–Trinajstić information content (AvgIpc) is 2.28. The summed E-state index contributed by atoms with van der Waals surface area (Å²) in [6.45, 7) is 12.3. The van der Waals surface area contributed by atoms with E-state index in [1.165, 1.54) is 16.7 Å². The second-order valence-electron chi connectivity index (χ2n) is 3.99. The molecule has 0 aliphatic heterocycles. The number of hydrogen-bond acceptors (Lipinski definition) is 2. The number of nitrogens with one attached hydrogen (secondary N) is 1. The molecule has 1 N–H and O–H groups in total. The highest BCUT2D eigenvalue weighted by Gasteiger charge is 2.05. The van der Waals surface area contributed by atoms with E-state index >= 15 is 0 Å². The summed E-state index contributed by atoms with van der Waals surface area (Å²) >= 11 is 0. The standard InChI is InChI=1S/C14H21NO/c1-5-8-15-9-10-16-14-12(3)7-6-11(2)13(14)4/h5-7,15H,1,8-10H2,2-4H3. The maximum atomic E-state index is 5.80. The van der Waals surface area contributed by atoms with Crippen LogP contribution in [0.2, 0.25) is 0 Å². The van der Waals surface area contributed by atoms with Crippen LogP contribution in [-0.2, 0) is 0 Å². The molecule has 0 saturated carbocycles. The summed E-state index contributed by atoms with van der Waals surface area (Å²) < 4.78 is 5.80. The normalized spacial score (nSPS) is 10.2. The quantitative estimate of drug-likeness (QED) is 0.587. The molecular weight excluding hydrogens is 198 g/mol. The molecule has 0 spiro atoms. The Morgan fingerprint density at radius 3 is 2.62 bits per heavy atom. The largest absolute Gasteiger partial charge is 0.492 e. The summed E-state index contributed by atoms with van der Waals surface area (Å²) in [6, 6.07) is 4.24. The molecule has 1 rings (SSSR count). The van der Waals surface area contributed by atoms with Crippen LogP contribution < -0.4 is 10.1 Å². The molecule has 1 aromatic rings. The van der Waals surface area contributed by atoms with Gasteiger partial charge in [0.05, 0.1) is 0 Å². The fourth-order valence-corrected chi connectivity index (χ4v) is 1.58. The molecule has 0 heterocycles. The van der Waals surface area contributed by atoms with Gasteiger partial charge in [-0.2, -0.15) is 0 Å². The summed E-state index contributed by atoms with van der Waals surface area (Å²) in [5, 5.41) is 3.22. The molecule has 0 aliphatic carbocycles. The maximum Gasteiger partial charge on any atom is 0.125 e. The van der Waals surface area contributed by atoms with Crippen molar-refractivity contribution in [3.8, 4) is 5.75 Å². The van der Waals surface area contributed by atoms with E-state index in [-0.39, 0.29) is 0 Å². The van der Waals surface area contributed by atoms with Gasteiger partial charge in [0, 0.05) is 13.1 Å². The first-order valence-electron chi connectivity index (χ1n) is 5.68. The first kappa shape index (κ1) is 12.8. The van der Waals surface area contributed by atoms with Crippen LogP contribution in [0.5, 0.6) is 5.75 Å². The van der Waals surface area contributed by atoms with Gasteiger partial charge >= 0.3 is 0 Å². The number of ether oxygens (including phenoxy) is 1. The van der Waals surface area contributed by atoms with Gasteiger partial charge in [-0.1, -0.05) is 18.2 Å². The van der Waals surface area contributed by atoms with Crippen LogP contribution in [0.4, 0.5) is 0 Å². The summed E-state index contributed by atoms with van der Waals surface area (Å²) in [6.07, 6.45) is 1.85. The summed E-state index contributed by atoms with van der Waals surface area (Å²) in [4.78, 5) is 0. The molecule has 2 nitrogen and oxygen atoms in total. The lowest BCUT2D eigenvalue weighted by Crippen LogP contribution is -2.21. The van der Waals surface area contributed by atoms with Gasteiger partial charge in [-0.15, -0.1) is 6.58 Å². The topological polar surface area (TPSA) is 21.3 Å². The summed E-state index contributed by atoms with van der Waals surface area (Å²) in [5.41, 5.74) is 3.72. The van der Waals surface area contributed by atoms with Crippen LogP contribution in [0, 0.1) is 20.8 Å². The SMILES string of the molecule is C=CCNCCOc1c(C)ccc(C)c1C. The molecule has 0 saturated heterocycles. The van der Waals surface area contributed by atoms with Crippen molar-refractivity contribution >= 4 is 0 Å². The van der Waals surface area contributed by atoms with Crippen molar-refractivity contribution in [2.24, 2.45) is 0 Å². The van der Waals surface area contributed by atoms with Crippen molar-refractivity contribution < 1.29 is 4.74 Å². The van der Waals surface area contributed by atoms with E-state index in [0.717, 1.165) is 18.8 Å². The molecule has 2 heteroatoms. The van der Waals surface area contributed by atoms with Gasteiger partial charge in [0.1, 0.15) is 12.4 Å². The number of rotatable bonds is 6. The Bertz CT molecular complexity index is 358. The molecule has 1 aromatic carbocycles. The number of hydrogen-bond donors (Lipinski definition) is 1. The lowest BCUT2D eigenvalue weighted by atomic mass is 10.1. The lowest BCUT2D eigenvalue weighted by Gasteiger charge is -2.13. The van der Waals surface area contributed by atoms with Gasteiger partial charge in [-0.25, -0.2) is 0 Å². The van der Waals surface area contributed by atoms with Crippen molar-refractivity contribution in [1.82, 2.24) is 5.32 Å². The van der Waals surface area contributed by atoms with Gasteiger partial charge in [0.2, 0.25) is 0 Å². The van der Waals surface area contributed by atoms with E-state index in [4.69, 9.17) is 4.74 Å². The smallest absolute Gasteiger partial charge is 0.125 e. The zero-order valence-electron chi connectivity index (χ0n) is 10.5. The van der Waals surface area contributed by atoms with E-state index in [1.54, 1.807) is 0 Å². The van der Waals surface area contributed by atoms with E-state index in [2.05, 4.69) is 44.8 Å². The lowest BCUT2D eigenvalue weighted by molar-refractivity contribution is 0.312. The minimum atomic E-state index is 0.693. The third-order valence-corrected chi connectivity index (χ3v) is 2.69. The van der Waals surface area contributed by atoms with E-state index in [9.17, 15) is 0 Å². The molecule has 88 valence electrons. The predicted molar refractivity (Wildman–Crippen MR) is 69.2 cm³/mol. The Kier molecular flexibility index (Phi) is 5.06. The third kappa shape index (κ3) is 3.38. The highest BCUT2D eigenvalue weighted by Crippen LogP contribution is 2.25. The highest BCUT2D eigenvalue weighted by atomic mass is 16.5. The van der Waals surface area contributed by atoms with Crippen LogP contribution in [0.3, 0.4) is 0 Å². The number of aryl methyl sites for hydroxylation is 2. The van der Waals surface area contributed by atoms with Gasteiger partial charge in [0.15, 0.2) is 0 Å². The Morgan fingerprint density at radius 2 is 1.94 bits per heavy atom. The third-order valence-electron chi connectivity index (χ3n) is 2.69. The van der Waals surface area contributed by atoms with E-state index < -0.39 is 0 Å². The molecule has 0 aliphatic rings. The molecule has 0 radical (unpaired) electrons. The van der Waals surface area contributed by atoms with Crippen LogP contribution in [0.15, 0.2) is 24.8 Å². The second kappa shape index (κ2) is 6.33.